The van der Waals surface area contributed by atoms with Crippen LogP contribution in [0.2, 0.25) is 0 Å². The van der Waals surface area contributed by atoms with Crippen LogP contribution in [-0.4, -0.2) is 19.0 Å². The molecule has 3 heteroatoms. The summed E-state index contributed by atoms with van der Waals surface area (Å²) in [6.07, 6.45) is 3.49. The van der Waals surface area contributed by atoms with Crippen molar-refractivity contribution < 1.29 is 14.3 Å². The van der Waals surface area contributed by atoms with E-state index >= 15 is 0 Å². The van der Waals surface area contributed by atoms with Crippen molar-refractivity contribution in [3.63, 3.8) is 0 Å². The molecular formula is C16H20O3. The first-order valence-corrected chi connectivity index (χ1v) is 7.07. The van der Waals surface area contributed by atoms with Gasteiger partial charge in [-0.2, -0.15) is 0 Å². The molecule has 1 heterocycles. The highest BCUT2D eigenvalue weighted by atomic mass is 16.5. The lowest BCUT2D eigenvalue weighted by atomic mass is 9.98. The van der Waals surface area contributed by atoms with Gasteiger partial charge < -0.3 is 9.47 Å². The number of ether oxygens (including phenoxy) is 2. The Morgan fingerprint density at radius 1 is 1.21 bits per heavy atom. The fourth-order valence-electron chi connectivity index (χ4n) is 2.55. The topological polar surface area (TPSA) is 35.5 Å². The maximum Gasteiger partial charge on any atom is 0.207 e. The molecule has 2 aliphatic rings. The Kier molecular flexibility index (Phi) is 3.21. The molecule has 0 radical (unpaired) electrons. The van der Waals surface area contributed by atoms with Gasteiger partial charge in [0.2, 0.25) is 5.78 Å². The molecule has 0 aromatic heterocycles. The Bertz CT molecular complexity index is 501. The van der Waals surface area contributed by atoms with Gasteiger partial charge in [0, 0.05) is 0 Å². The van der Waals surface area contributed by atoms with Crippen LogP contribution in [0, 0.1) is 5.92 Å². The fraction of sp³-hybridized carbons (Fsp3) is 0.562. The summed E-state index contributed by atoms with van der Waals surface area (Å²) in [5, 5.41) is 0. The van der Waals surface area contributed by atoms with E-state index in [1.54, 1.807) is 0 Å². The Morgan fingerprint density at radius 2 is 1.95 bits per heavy atom. The summed E-state index contributed by atoms with van der Waals surface area (Å²) in [6.45, 7) is 4.64. The SMILES string of the molecule is CC(C)Cc1cc(C2CC2)cc2c1OCC(=O)CO2. The highest BCUT2D eigenvalue weighted by Gasteiger charge is 2.27. The second-order valence-corrected chi connectivity index (χ2v) is 6.00. The minimum absolute atomic E-state index is 0.000307. The van der Waals surface area contributed by atoms with Crippen molar-refractivity contribution >= 4 is 5.78 Å². The maximum absolute atomic E-state index is 11.5. The smallest absolute Gasteiger partial charge is 0.207 e. The highest BCUT2D eigenvalue weighted by molar-refractivity contribution is 5.82. The summed E-state index contributed by atoms with van der Waals surface area (Å²) >= 11 is 0. The summed E-state index contributed by atoms with van der Waals surface area (Å²) in [6, 6.07) is 4.31. The maximum atomic E-state index is 11.5. The molecule has 1 aromatic carbocycles. The zero-order chi connectivity index (χ0) is 13.4. The molecule has 102 valence electrons. The monoisotopic (exact) mass is 260 g/mol. The Morgan fingerprint density at radius 3 is 2.63 bits per heavy atom. The molecule has 0 unspecified atom stereocenters. The molecule has 1 aromatic rings. The van der Waals surface area contributed by atoms with Gasteiger partial charge in [0.05, 0.1) is 0 Å². The van der Waals surface area contributed by atoms with Crippen LogP contribution in [0.3, 0.4) is 0 Å². The molecular weight excluding hydrogens is 240 g/mol. The molecule has 3 nitrogen and oxygen atoms in total. The third-order valence-corrected chi connectivity index (χ3v) is 3.60. The first-order chi connectivity index (χ1) is 9.13. The first-order valence-electron chi connectivity index (χ1n) is 7.07. The Labute approximate surface area is 113 Å². The third kappa shape index (κ3) is 2.75. The fourth-order valence-corrected chi connectivity index (χ4v) is 2.55. The molecule has 0 bridgehead atoms. The van der Waals surface area contributed by atoms with E-state index < -0.39 is 0 Å². The van der Waals surface area contributed by atoms with Gasteiger partial charge in [-0.05, 0) is 48.3 Å². The van der Waals surface area contributed by atoms with E-state index in [9.17, 15) is 4.79 Å². The molecule has 0 saturated heterocycles. The number of fused-ring (bicyclic) bond motifs is 1. The standard InChI is InChI=1S/C16H20O3/c1-10(2)5-13-6-12(11-3-4-11)7-15-16(13)19-9-14(17)8-18-15/h6-7,10-11H,3-5,8-9H2,1-2H3. The molecule has 1 aliphatic heterocycles. The average molecular weight is 260 g/mol. The highest BCUT2D eigenvalue weighted by Crippen LogP contribution is 2.45. The van der Waals surface area contributed by atoms with Crippen LogP contribution in [-0.2, 0) is 11.2 Å². The van der Waals surface area contributed by atoms with E-state index in [1.807, 2.05) is 0 Å². The predicted octanol–water partition coefficient (Wildman–Crippen LogP) is 3.10. The van der Waals surface area contributed by atoms with Crippen molar-refractivity contribution in [3.8, 4) is 11.5 Å². The molecule has 1 saturated carbocycles. The van der Waals surface area contributed by atoms with Crippen molar-refractivity contribution in [1.82, 2.24) is 0 Å². The largest absolute Gasteiger partial charge is 0.482 e. The number of carbonyl (C=O) groups is 1. The van der Waals surface area contributed by atoms with Gasteiger partial charge in [-0.25, -0.2) is 0 Å². The summed E-state index contributed by atoms with van der Waals surface area (Å²) in [4.78, 5) is 11.5. The molecule has 0 atom stereocenters. The van der Waals surface area contributed by atoms with E-state index in [0.29, 0.717) is 11.8 Å². The molecule has 1 fully saturated rings. The normalized spacial score (nSPS) is 18.6. The van der Waals surface area contributed by atoms with Crippen LogP contribution in [0.25, 0.3) is 0 Å². The lowest BCUT2D eigenvalue weighted by Crippen LogP contribution is -2.15. The lowest BCUT2D eigenvalue weighted by Gasteiger charge is -2.16. The van der Waals surface area contributed by atoms with Crippen LogP contribution in [0.15, 0.2) is 12.1 Å². The predicted molar refractivity (Wildman–Crippen MR) is 73.0 cm³/mol. The zero-order valence-corrected chi connectivity index (χ0v) is 11.6. The average Bonchev–Trinajstić information content (AvgIpc) is 3.16. The van der Waals surface area contributed by atoms with Gasteiger partial charge in [0.15, 0.2) is 24.7 Å². The molecule has 0 amide bonds. The number of rotatable bonds is 3. The van der Waals surface area contributed by atoms with Crippen LogP contribution in [0.1, 0.15) is 43.7 Å². The van der Waals surface area contributed by atoms with Gasteiger partial charge >= 0.3 is 0 Å². The molecule has 1 aliphatic carbocycles. The van der Waals surface area contributed by atoms with Gasteiger partial charge in [-0.3, -0.25) is 4.79 Å². The quantitative estimate of drug-likeness (QED) is 0.837. The molecule has 0 N–H and O–H groups in total. The van der Waals surface area contributed by atoms with Gasteiger partial charge in [0.25, 0.3) is 0 Å². The molecule has 19 heavy (non-hydrogen) atoms. The lowest BCUT2D eigenvalue weighted by molar-refractivity contribution is -0.122. The molecule has 3 rings (SSSR count). The summed E-state index contributed by atoms with van der Waals surface area (Å²) in [5.74, 6) is 2.77. The van der Waals surface area contributed by atoms with Crippen LogP contribution in [0.5, 0.6) is 11.5 Å². The van der Waals surface area contributed by atoms with E-state index in [2.05, 4.69) is 26.0 Å². The van der Waals surface area contributed by atoms with Crippen molar-refractivity contribution in [2.75, 3.05) is 13.2 Å². The van der Waals surface area contributed by atoms with Crippen molar-refractivity contribution in [2.24, 2.45) is 5.92 Å². The first kappa shape index (κ1) is 12.5. The number of hydrogen-bond donors (Lipinski definition) is 0. The third-order valence-electron chi connectivity index (χ3n) is 3.60. The number of ketones is 1. The van der Waals surface area contributed by atoms with Crippen molar-refractivity contribution in [1.29, 1.82) is 0 Å². The minimum Gasteiger partial charge on any atom is -0.482 e. The van der Waals surface area contributed by atoms with E-state index in [4.69, 9.17) is 9.47 Å². The summed E-state index contributed by atoms with van der Waals surface area (Å²) in [5.41, 5.74) is 2.52. The van der Waals surface area contributed by atoms with E-state index in [0.717, 1.165) is 17.9 Å². The number of benzene rings is 1. The molecule has 0 spiro atoms. The van der Waals surface area contributed by atoms with Crippen molar-refractivity contribution in [2.45, 2.75) is 39.0 Å². The second kappa shape index (κ2) is 4.87. The van der Waals surface area contributed by atoms with E-state index in [-0.39, 0.29) is 19.0 Å². The van der Waals surface area contributed by atoms with Crippen LogP contribution >= 0.6 is 0 Å². The second-order valence-electron chi connectivity index (χ2n) is 6.00. The van der Waals surface area contributed by atoms with E-state index in [1.165, 1.54) is 24.0 Å². The van der Waals surface area contributed by atoms with Gasteiger partial charge in [0.1, 0.15) is 0 Å². The number of Topliss-reactive ketones (excluding diaryl/α,β-unsaturated/α-hetero) is 1. The van der Waals surface area contributed by atoms with Gasteiger partial charge in [-0.1, -0.05) is 19.9 Å². The summed E-state index contributed by atoms with van der Waals surface area (Å²) < 4.78 is 11.3. The Hall–Kier alpha value is -1.51. The summed E-state index contributed by atoms with van der Waals surface area (Å²) in [7, 11) is 0. The number of carbonyl (C=O) groups excluding carboxylic acids is 1. The number of hydrogen-bond acceptors (Lipinski definition) is 3. The van der Waals surface area contributed by atoms with Gasteiger partial charge in [-0.15, -0.1) is 0 Å². The van der Waals surface area contributed by atoms with Crippen LogP contribution in [0.4, 0.5) is 0 Å². The Balaban J connectivity index is 2.00. The zero-order valence-electron chi connectivity index (χ0n) is 11.6. The van der Waals surface area contributed by atoms with Crippen molar-refractivity contribution in [3.05, 3.63) is 23.3 Å². The van der Waals surface area contributed by atoms with Crippen LogP contribution < -0.4 is 9.47 Å². The minimum atomic E-state index is -0.000307.